The van der Waals surface area contributed by atoms with E-state index in [0.29, 0.717) is 4.09 Å². The number of rotatable bonds is 0. The lowest BCUT2D eigenvalue weighted by atomic mass is 10.2. The van der Waals surface area contributed by atoms with E-state index in [4.69, 9.17) is 16.9 Å². The summed E-state index contributed by atoms with van der Waals surface area (Å²) in [7, 11) is 0. The topological polar surface area (TPSA) is 25.2 Å². The maximum Gasteiger partial charge on any atom is 0.432 e. The van der Waals surface area contributed by atoms with Gasteiger partial charge in [-0.1, -0.05) is 0 Å². The van der Waals surface area contributed by atoms with E-state index in [9.17, 15) is 13.2 Å². The summed E-state index contributed by atoms with van der Waals surface area (Å²) in [6, 6.07) is 4.72. The number of halogens is 4. The second-order valence-electron chi connectivity index (χ2n) is 3.05. The highest BCUT2D eigenvalue weighted by Gasteiger charge is 2.35. The Kier molecular flexibility index (Phi) is 2.08. The van der Waals surface area contributed by atoms with Crippen LogP contribution < -0.4 is 0 Å². The molecule has 0 fully saturated rings. The van der Waals surface area contributed by atoms with Crippen LogP contribution in [0.3, 0.4) is 0 Å². The number of phenolic OH excluding ortho intramolecular Hbond substituents is 1. The van der Waals surface area contributed by atoms with Gasteiger partial charge in [0.25, 0.3) is 0 Å². The van der Waals surface area contributed by atoms with Crippen LogP contribution in [0.15, 0.2) is 24.3 Å². The third-order valence-electron chi connectivity index (χ3n) is 2.02. The normalized spacial score (nSPS) is 12.3. The molecule has 0 bridgehead atoms. The molecule has 0 radical (unpaired) electrons. The van der Waals surface area contributed by atoms with Gasteiger partial charge in [0.2, 0.25) is 0 Å². The molecule has 0 unspecified atom stereocenters. The molecule has 2 nitrogen and oxygen atoms in total. The van der Waals surface area contributed by atoms with Gasteiger partial charge in [-0.2, -0.15) is 13.2 Å². The minimum absolute atomic E-state index is 0.0986. The molecule has 1 aromatic carbocycles. The molecule has 2 aromatic rings. The van der Waals surface area contributed by atoms with Crippen molar-refractivity contribution in [3.05, 3.63) is 30.0 Å². The van der Waals surface area contributed by atoms with Crippen molar-refractivity contribution in [3.8, 4) is 5.75 Å². The highest BCUT2D eigenvalue weighted by molar-refractivity contribution is 6.19. The second kappa shape index (κ2) is 3.06. The molecule has 0 aliphatic heterocycles. The Labute approximate surface area is 87.6 Å². The molecule has 6 heteroatoms. The summed E-state index contributed by atoms with van der Waals surface area (Å²) >= 11 is 5.51. The van der Waals surface area contributed by atoms with Crippen LogP contribution in [0.2, 0.25) is 0 Å². The molecule has 0 aliphatic rings. The van der Waals surface area contributed by atoms with Crippen molar-refractivity contribution in [1.82, 2.24) is 4.09 Å². The Balaban J connectivity index is 2.75. The first kappa shape index (κ1) is 10.2. The van der Waals surface area contributed by atoms with Crippen LogP contribution in [0.4, 0.5) is 13.2 Å². The molecule has 1 N–H and O–H groups in total. The molecule has 1 heterocycles. The molecular weight excluding hydrogens is 231 g/mol. The number of phenols is 1. The average molecular weight is 236 g/mol. The molecule has 0 saturated heterocycles. The SMILES string of the molecule is Oc1ccc2c(c1)cc(C(F)(F)F)n2Cl. The van der Waals surface area contributed by atoms with Crippen molar-refractivity contribution in [3.63, 3.8) is 0 Å². The highest BCUT2D eigenvalue weighted by Crippen LogP contribution is 2.35. The Morgan fingerprint density at radius 3 is 2.47 bits per heavy atom. The fraction of sp³-hybridized carbons (Fsp3) is 0.111. The quantitative estimate of drug-likeness (QED) is 0.744. The van der Waals surface area contributed by atoms with E-state index >= 15 is 0 Å². The summed E-state index contributed by atoms with van der Waals surface area (Å²) in [5.74, 6) is -0.0986. The van der Waals surface area contributed by atoms with Gasteiger partial charge in [0.15, 0.2) is 0 Å². The van der Waals surface area contributed by atoms with Crippen molar-refractivity contribution < 1.29 is 18.3 Å². The highest BCUT2D eigenvalue weighted by atomic mass is 35.5. The van der Waals surface area contributed by atoms with Gasteiger partial charge < -0.3 is 5.11 Å². The van der Waals surface area contributed by atoms with E-state index in [2.05, 4.69) is 0 Å². The third kappa shape index (κ3) is 1.63. The largest absolute Gasteiger partial charge is 0.508 e. The van der Waals surface area contributed by atoms with Crippen molar-refractivity contribution in [2.45, 2.75) is 6.18 Å². The first-order chi connectivity index (χ1) is 6.89. The Morgan fingerprint density at radius 2 is 1.87 bits per heavy atom. The van der Waals surface area contributed by atoms with Crippen molar-refractivity contribution in [2.75, 3.05) is 0 Å². The number of aromatic hydroxyl groups is 1. The summed E-state index contributed by atoms with van der Waals surface area (Å²) in [4.78, 5) is 0. The molecule has 15 heavy (non-hydrogen) atoms. The number of alkyl halides is 3. The maximum atomic E-state index is 12.4. The summed E-state index contributed by atoms with van der Waals surface area (Å²) in [5, 5.41) is 9.35. The van der Waals surface area contributed by atoms with Crippen molar-refractivity contribution in [2.24, 2.45) is 0 Å². The number of fused-ring (bicyclic) bond motifs is 1. The summed E-state index contributed by atoms with van der Waals surface area (Å²) in [6.45, 7) is 0. The monoisotopic (exact) mass is 235 g/mol. The molecular formula is C9H5ClF3NO. The molecule has 2 rings (SSSR count). The van der Waals surface area contributed by atoms with E-state index in [-0.39, 0.29) is 16.7 Å². The van der Waals surface area contributed by atoms with Crippen molar-refractivity contribution in [1.29, 1.82) is 0 Å². The molecule has 0 amide bonds. The number of hydrogen-bond donors (Lipinski definition) is 1. The number of nitrogens with zero attached hydrogens (tertiary/aromatic N) is 1. The van der Waals surface area contributed by atoms with E-state index in [1.807, 2.05) is 0 Å². The minimum atomic E-state index is -4.50. The zero-order valence-electron chi connectivity index (χ0n) is 7.22. The standard InChI is InChI=1S/C9H5ClF3NO/c10-14-7-2-1-6(15)3-5(7)4-8(14)9(11,12)13/h1-4,15H. The van der Waals surface area contributed by atoms with Crippen LogP contribution in [0.1, 0.15) is 5.69 Å². The summed E-state index contributed by atoms with van der Waals surface area (Å²) < 4.78 is 37.8. The van der Waals surface area contributed by atoms with Crippen LogP contribution >= 0.6 is 11.8 Å². The van der Waals surface area contributed by atoms with Gasteiger partial charge in [-0.05, 0) is 24.3 Å². The van der Waals surface area contributed by atoms with Crippen LogP contribution in [-0.4, -0.2) is 9.19 Å². The smallest absolute Gasteiger partial charge is 0.432 e. The predicted octanol–water partition coefficient (Wildman–Crippen LogP) is 3.37. The first-order valence-corrected chi connectivity index (χ1v) is 4.31. The predicted molar refractivity (Wildman–Crippen MR) is 49.9 cm³/mol. The lowest BCUT2D eigenvalue weighted by Gasteiger charge is -2.05. The van der Waals surface area contributed by atoms with Crippen LogP contribution in [0, 0.1) is 0 Å². The maximum absolute atomic E-state index is 12.4. The van der Waals surface area contributed by atoms with Crippen LogP contribution in [0.25, 0.3) is 10.9 Å². The zero-order chi connectivity index (χ0) is 11.2. The third-order valence-corrected chi connectivity index (χ3v) is 2.38. The lowest BCUT2D eigenvalue weighted by molar-refractivity contribution is -0.141. The van der Waals surface area contributed by atoms with Gasteiger partial charge in [-0.3, -0.25) is 0 Å². The number of aromatic nitrogens is 1. The first-order valence-electron chi connectivity index (χ1n) is 3.97. The average Bonchev–Trinajstić information content (AvgIpc) is 2.42. The zero-order valence-corrected chi connectivity index (χ0v) is 7.97. The Hall–Kier alpha value is -1.36. The molecule has 80 valence electrons. The van der Waals surface area contributed by atoms with Crippen molar-refractivity contribution >= 4 is 22.7 Å². The van der Waals surface area contributed by atoms with Gasteiger partial charge >= 0.3 is 6.18 Å². The van der Waals surface area contributed by atoms with E-state index in [1.165, 1.54) is 18.2 Å². The minimum Gasteiger partial charge on any atom is -0.508 e. The second-order valence-corrected chi connectivity index (χ2v) is 3.39. The van der Waals surface area contributed by atoms with Crippen LogP contribution in [-0.2, 0) is 6.18 Å². The van der Waals surface area contributed by atoms with Gasteiger partial charge in [0.1, 0.15) is 11.4 Å². The Bertz CT molecular complexity index is 518. The molecule has 0 atom stereocenters. The fourth-order valence-corrected chi connectivity index (χ4v) is 1.66. The molecule has 0 aliphatic carbocycles. The summed E-state index contributed by atoms with van der Waals surface area (Å²) in [6.07, 6.45) is -4.50. The molecule has 1 aromatic heterocycles. The number of hydrogen-bond acceptors (Lipinski definition) is 1. The molecule has 0 saturated carbocycles. The fourth-order valence-electron chi connectivity index (χ4n) is 1.36. The van der Waals surface area contributed by atoms with E-state index in [1.54, 1.807) is 0 Å². The molecule has 0 spiro atoms. The van der Waals surface area contributed by atoms with Gasteiger partial charge in [-0.25, -0.2) is 4.09 Å². The van der Waals surface area contributed by atoms with E-state index in [0.717, 1.165) is 6.07 Å². The van der Waals surface area contributed by atoms with Gasteiger partial charge in [-0.15, -0.1) is 0 Å². The Morgan fingerprint density at radius 1 is 1.20 bits per heavy atom. The lowest BCUT2D eigenvalue weighted by Crippen LogP contribution is -2.08. The van der Waals surface area contributed by atoms with Gasteiger partial charge in [0.05, 0.1) is 5.52 Å². The summed E-state index contributed by atoms with van der Waals surface area (Å²) in [5.41, 5.74) is -0.744. The van der Waals surface area contributed by atoms with Crippen LogP contribution in [0.5, 0.6) is 5.75 Å². The van der Waals surface area contributed by atoms with Gasteiger partial charge in [0, 0.05) is 17.2 Å². The van der Waals surface area contributed by atoms with E-state index < -0.39 is 11.9 Å². The number of benzene rings is 1.